The minimum atomic E-state index is -0.0901. The van der Waals surface area contributed by atoms with Gasteiger partial charge in [-0.3, -0.25) is 4.57 Å². The zero-order chi connectivity index (χ0) is 14.0. The summed E-state index contributed by atoms with van der Waals surface area (Å²) in [4.78, 5) is 13.4. The summed E-state index contributed by atoms with van der Waals surface area (Å²) in [6.45, 7) is 11.3. The molecule has 0 unspecified atom stereocenters. The molecule has 2 rings (SSSR count). The number of hydrogen-bond donors (Lipinski definition) is 1. The van der Waals surface area contributed by atoms with E-state index in [4.69, 9.17) is 4.98 Å². The molecule has 5 heteroatoms. The fraction of sp³-hybridized carbons (Fsp3) is 0.500. The number of hydrogen-bond acceptors (Lipinski definition) is 4. The lowest BCUT2D eigenvalue weighted by Gasteiger charge is -2.20. The largest absolute Gasteiger partial charge is 0.370 e. The molecule has 102 valence electrons. The molecule has 0 amide bonds. The van der Waals surface area contributed by atoms with Gasteiger partial charge in [-0.15, -0.1) is 0 Å². The Morgan fingerprint density at radius 1 is 1.26 bits per heavy atom. The van der Waals surface area contributed by atoms with Crippen LogP contribution in [0.1, 0.15) is 39.1 Å². The van der Waals surface area contributed by atoms with Gasteiger partial charge in [0.05, 0.1) is 0 Å². The molecular formula is C14H21N5. The summed E-state index contributed by atoms with van der Waals surface area (Å²) in [5, 5.41) is 3.31. The van der Waals surface area contributed by atoms with Crippen LogP contribution in [0.3, 0.4) is 0 Å². The van der Waals surface area contributed by atoms with Gasteiger partial charge in [-0.05, 0) is 13.8 Å². The van der Waals surface area contributed by atoms with Crippen molar-refractivity contribution in [3.8, 4) is 5.82 Å². The maximum atomic E-state index is 4.70. The first kappa shape index (κ1) is 13.5. The molecule has 0 fully saturated rings. The Balaban J connectivity index is 2.62. The minimum Gasteiger partial charge on any atom is -0.370 e. The Hall–Kier alpha value is -1.91. The highest BCUT2D eigenvalue weighted by atomic mass is 15.1. The van der Waals surface area contributed by atoms with Gasteiger partial charge in [-0.25, -0.2) is 15.0 Å². The highest BCUT2D eigenvalue weighted by Crippen LogP contribution is 2.25. The lowest BCUT2D eigenvalue weighted by Crippen LogP contribution is -2.20. The molecule has 0 atom stereocenters. The second-order valence-electron chi connectivity index (χ2n) is 5.59. The van der Waals surface area contributed by atoms with Gasteiger partial charge in [0.2, 0.25) is 0 Å². The van der Waals surface area contributed by atoms with E-state index in [-0.39, 0.29) is 5.41 Å². The lowest BCUT2D eigenvalue weighted by molar-refractivity contribution is 0.543. The van der Waals surface area contributed by atoms with Crippen LogP contribution in [0.25, 0.3) is 5.82 Å². The third kappa shape index (κ3) is 2.75. The summed E-state index contributed by atoms with van der Waals surface area (Å²) in [5.41, 5.74) is 0.945. The molecule has 0 aliphatic heterocycles. The van der Waals surface area contributed by atoms with Crippen LogP contribution in [0.4, 0.5) is 5.82 Å². The maximum Gasteiger partial charge on any atom is 0.146 e. The Kier molecular flexibility index (Phi) is 3.55. The maximum absolute atomic E-state index is 4.70. The first-order valence-electron chi connectivity index (χ1n) is 6.54. The smallest absolute Gasteiger partial charge is 0.146 e. The van der Waals surface area contributed by atoms with E-state index in [0.29, 0.717) is 0 Å². The van der Waals surface area contributed by atoms with Crippen molar-refractivity contribution in [2.24, 2.45) is 0 Å². The fourth-order valence-electron chi connectivity index (χ4n) is 1.82. The molecule has 0 saturated heterocycles. The Labute approximate surface area is 114 Å². The molecule has 1 N–H and O–H groups in total. The van der Waals surface area contributed by atoms with Crippen molar-refractivity contribution >= 4 is 5.82 Å². The van der Waals surface area contributed by atoms with Crippen molar-refractivity contribution in [1.29, 1.82) is 0 Å². The average molecular weight is 259 g/mol. The molecule has 5 nitrogen and oxygen atoms in total. The number of anilines is 1. The zero-order valence-corrected chi connectivity index (χ0v) is 12.2. The van der Waals surface area contributed by atoms with Crippen molar-refractivity contribution in [2.45, 2.75) is 40.0 Å². The van der Waals surface area contributed by atoms with E-state index in [0.717, 1.165) is 29.6 Å². The molecule has 0 saturated carbocycles. The molecule has 0 aliphatic carbocycles. The van der Waals surface area contributed by atoms with Crippen LogP contribution >= 0.6 is 0 Å². The summed E-state index contributed by atoms with van der Waals surface area (Å²) in [5.74, 6) is 2.61. The predicted octanol–water partition coefficient (Wildman–Crippen LogP) is 2.70. The van der Waals surface area contributed by atoms with Crippen LogP contribution in [0, 0.1) is 6.92 Å². The highest BCUT2D eigenvalue weighted by Gasteiger charge is 2.21. The van der Waals surface area contributed by atoms with E-state index in [9.17, 15) is 0 Å². The standard InChI is InChI=1S/C14H21N5/c1-6-16-11-10(2)12(19-8-7-15-9-19)18-13(17-11)14(3,4)5/h7-9H,6H2,1-5H3,(H,16,17,18). The van der Waals surface area contributed by atoms with E-state index >= 15 is 0 Å². The molecular weight excluding hydrogens is 238 g/mol. The second-order valence-corrected chi connectivity index (χ2v) is 5.59. The monoisotopic (exact) mass is 259 g/mol. The van der Waals surface area contributed by atoms with Gasteiger partial charge in [0.25, 0.3) is 0 Å². The van der Waals surface area contributed by atoms with Gasteiger partial charge in [-0.2, -0.15) is 0 Å². The molecule has 2 aromatic heterocycles. The first-order chi connectivity index (χ1) is 8.93. The summed E-state index contributed by atoms with van der Waals surface area (Å²) < 4.78 is 1.92. The van der Waals surface area contributed by atoms with Crippen molar-refractivity contribution < 1.29 is 0 Å². The summed E-state index contributed by atoms with van der Waals surface area (Å²) in [6.07, 6.45) is 5.42. The van der Waals surface area contributed by atoms with Crippen molar-refractivity contribution in [3.05, 3.63) is 30.1 Å². The Bertz CT molecular complexity index is 552. The van der Waals surface area contributed by atoms with Gasteiger partial charge >= 0.3 is 0 Å². The van der Waals surface area contributed by atoms with Crippen molar-refractivity contribution in [1.82, 2.24) is 19.5 Å². The van der Waals surface area contributed by atoms with Gasteiger partial charge in [0.1, 0.15) is 23.8 Å². The van der Waals surface area contributed by atoms with Crippen molar-refractivity contribution in [3.63, 3.8) is 0 Å². The SMILES string of the molecule is CCNc1nc(C(C)(C)C)nc(-n2ccnc2)c1C. The zero-order valence-electron chi connectivity index (χ0n) is 12.2. The van der Waals surface area contributed by atoms with E-state index in [1.165, 1.54) is 0 Å². The molecule has 0 aromatic carbocycles. The number of aromatic nitrogens is 4. The third-order valence-corrected chi connectivity index (χ3v) is 2.88. The van der Waals surface area contributed by atoms with Crippen LogP contribution in [0.5, 0.6) is 0 Å². The molecule has 2 heterocycles. The topological polar surface area (TPSA) is 55.6 Å². The van der Waals surface area contributed by atoms with Gasteiger partial charge in [0.15, 0.2) is 0 Å². The first-order valence-corrected chi connectivity index (χ1v) is 6.54. The van der Waals surface area contributed by atoms with Crippen LogP contribution in [0.15, 0.2) is 18.7 Å². The lowest BCUT2D eigenvalue weighted by atomic mass is 9.95. The third-order valence-electron chi connectivity index (χ3n) is 2.88. The van der Waals surface area contributed by atoms with E-state index in [1.807, 2.05) is 17.7 Å². The number of imidazole rings is 1. The number of nitrogens with zero attached hydrogens (tertiary/aromatic N) is 4. The van der Waals surface area contributed by atoms with E-state index in [2.05, 4.69) is 43.0 Å². The fourth-order valence-corrected chi connectivity index (χ4v) is 1.82. The molecule has 0 radical (unpaired) electrons. The number of rotatable bonds is 3. The van der Waals surface area contributed by atoms with Gasteiger partial charge in [0, 0.05) is 29.9 Å². The Morgan fingerprint density at radius 2 is 2.00 bits per heavy atom. The Morgan fingerprint density at radius 3 is 2.53 bits per heavy atom. The summed E-state index contributed by atoms with van der Waals surface area (Å²) >= 11 is 0. The number of nitrogens with one attached hydrogen (secondary N) is 1. The molecule has 19 heavy (non-hydrogen) atoms. The van der Waals surface area contributed by atoms with Crippen LogP contribution in [-0.2, 0) is 5.41 Å². The predicted molar refractivity (Wildman–Crippen MR) is 76.8 cm³/mol. The molecule has 0 aliphatic rings. The van der Waals surface area contributed by atoms with Gasteiger partial charge < -0.3 is 5.32 Å². The quantitative estimate of drug-likeness (QED) is 0.920. The molecule has 0 bridgehead atoms. The average Bonchev–Trinajstić information content (AvgIpc) is 2.84. The normalized spacial score (nSPS) is 11.6. The van der Waals surface area contributed by atoms with Crippen LogP contribution in [0.2, 0.25) is 0 Å². The van der Waals surface area contributed by atoms with Crippen LogP contribution < -0.4 is 5.32 Å². The van der Waals surface area contributed by atoms with E-state index in [1.54, 1.807) is 12.5 Å². The van der Waals surface area contributed by atoms with Crippen LogP contribution in [-0.4, -0.2) is 26.1 Å². The summed E-state index contributed by atoms with van der Waals surface area (Å²) in [7, 11) is 0. The minimum absolute atomic E-state index is 0.0901. The van der Waals surface area contributed by atoms with E-state index < -0.39 is 0 Å². The molecule has 0 spiro atoms. The summed E-state index contributed by atoms with van der Waals surface area (Å²) in [6, 6.07) is 0. The highest BCUT2D eigenvalue weighted by molar-refractivity contribution is 5.52. The van der Waals surface area contributed by atoms with Crippen molar-refractivity contribution in [2.75, 3.05) is 11.9 Å². The van der Waals surface area contributed by atoms with Gasteiger partial charge in [-0.1, -0.05) is 20.8 Å². The second kappa shape index (κ2) is 4.99. The molecule has 2 aromatic rings.